The molecule has 174 valence electrons. The van der Waals surface area contributed by atoms with Crippen LogP contribution in [0.3, 0.4) is 0 Å². The molecule has 1 saturated heterocycles. The number of anilines is 1. The Labute approximate surface area is 196 Å². The molecule has 0 bridgehead atoms. The number of amides is 2. The van der Waals surface area contributed by atoms with E-state index in [2.05, 4.69) is 23.7 Å². The molecule has 1 aliphatic rings. The number of aromatic amines is 1. The highest BCUT2D eigenvalue weighted by molar-refractivity contribution is 6.10. The maximum Gasteiger partial charge on any atom is 0.258 e. The number of H-pyrrole nitrogens is 1. The number of likely N-dealkylation sites (tertiary alicyclic amines) is 1. The summed E-state index contributed by atoms with van der Waals surface area (Å²) in [6.45, 7) is 9.20. The third-order valence-corrected chi connectivity index (χ3v) is 6.79. The number of nitrogens with one attached hydrogen (secondary N) is 1. The molecule has 2 heterocycles. The first-order valence-electron chi connectivity index (χ1n) is 12.0. The lowest BCUT2D eigenvalue weighted by Gasteiger charge is -2.35. The fourth-order valence-electron chi connectivity index (χ4n) is 4.67. The molecule has 1 aliphatic heterocycles. The first-order chi connectivity index (χ1) is 16.1. The molecule has 6 heteroatoms. The number of benzene rings is 2. The van der Waals surface area contributed by atoms with Crippen molar-refractivity contribution in [2.24, 2.45) is 5.92 Å². The number of aromatic nitrogens is 1. The third kappa shape index (κ3) is 5.45. The van der Waals surface area contributed by atoms with Gasteiger partial charge in [0.1, 0.15) is 6.54 Å². The Bertz CT molecular complexity index is 1070. The van der Waals surface area contributed by atoms with E-state index in [1.54, 1.807) is 4.90 Å². The largest absolute Gasteiger partial charge is 0.361 e. The van der Waals surface area contributed by atoms with E-state index in [0.29, 0.717) is 11.5 Å². The number of rotatable bonds is 8. The summed E-state index contributed by atoms with van der Waals surface area (Å²) in [4.78, 5) is 35.9. The van der Waals surface area contributed by atoms with Crippen molar-refractivity contribution in [1.82, 2.24) is 14.8 Å². The number of carbonyl (C=O) groups is 2. The van der Waals surface area contributed by atoms with Gasteiger partial charge in [0.15, 0.2) is 0 Å². The van der Waals surface area contributed by atoms with Crippen molar-refractivity contribution < 1.29 is 9.59 Å². The average molecular weight is 447 g/mol. The van der Waals surface area contributed by atoms with E-state index < -0.39 is 0 Å². The van der Waals surface area contributed by atoms with Crippen LogP contribution in [0.25, 0.3) is 10.9 Å². The molecule has 0 aliphatic carbocycles. The minimum Gasteiger partial charge on any atom is -0.361 e. The van der Waals surface area contributed by atoms with Gasteiger partial charge >= 0.3 is 0 Å². The first kappa shape index (κ1) is 23.1. The van der Waals surface area contributed by atoms with Crippen LogP contribution in [0.15, 0.2) is 60.8 Å². The van der Waals surface area contributed by atoms with Gasteiger partial charge in [-0.25, -0.2) is 0 Å². The second-order valence-electron chi connectivity index (χ2n) is 8.82. The van der Waals surface area contributed by atoms with Crippen LogP contribution in [0.4, 0.5) is 5.69 Å². The maximum absolute atomic E-state index is 13.5. The number of hydrogen-bond acceptors (Lipinski definition) is 3. The molecule has 6 nitrogen and oxygen atoms in total. The topological polar surface area (TPSA) is 59.6 Å². The van der Waals surface area contributed by atoms with Gasteiger partial charge in [0.05, 0.1) is 0 Å². The van der Waals surface area contributed by atoms with Crippen LogP contribution in [0.1, 0.15) is 37.0 Å². The molecule has 2 aromatic carbocycles. The van der Waals surface area contributed by atoms with E-state index in [9.17, 15) is 9.59 Å². The molecule has 0 radical (unpaired) electrons. The minimum absolute atomic E-state index is 0.00874. The third-order valence-electron chi connectivity index (χ3n) is 6.79. The molecule has 1 fully saturated rings. The summed E-state index contributed by atoms with van der Waals surface area (Å²) < 4.78 is 0. The quantitative estimate of drug-likeness (QED) is 0.558. The summed E-state index contributed by atoms with van der Waals surface area (Å²) in [7, 11) is 0. The SMILES string of the molecule is CCN(CC)CC1CCN(C(=O)CN(C(=O)c2ccc3cc[nH]c3c2)c2ccccc2)CC1. The van der Waals surface area contributed by atoms with Crippen molar-refractivity contribution in [3.8, 4) is 0 Å². The minimum atomic E-state index is -0.164. The molecule has 3 aromatic rings. The number of fused-ring (bicyclic) bond motifs is 1. The Morgan fingerprint density at radius 2 is 1.73 bits per heavy atom. The standard InChI is InChI=1S/C27H34N4O2/c1-3-29(4-2)19-21-13-16-30(17-14-21)26(32)20-31(24-8-6-5-7-9-24)27(33)23-11-10-22-12-15-28-25(22)18-23/h5-12,15,18,21,28H,3-4,13-14,16-17,19-20H2,1-2H3. The number of hydrogen-bond donors (Lipinski definition) is 1. The molecule has 4 rings (SSSR count). The molecule has 1 N–H and O–H groups in total. The van der Waals surface area contributed by atoms with E-state index in [1.165, 1.54) is 0 Å². The van der Waals surface area contributed by atoms with Gasteiger partial charge in [-0.15, -0.1) is 0 Å². The molecule has 33 heavy (non-hydrogen) atoms. The van der Waals surface area contributed by atoms with Crippen LogP contribution >= 0.6 is 0 Å². The van der Waals surface area contributed by atoms with Gasteiger partial charge in [-0.2, -0.15) is 0 Å². The molecule has 0 unspecified atom stereocenters. The summed E-state index contributed by atoms with van der Waals surface area (Å²) in [5.74, 6) is 0.477. The predicted octanol–water partition coefficient (Wildman–Crippen LogP) is 4.40. The molecule has 0 saturated carbocycles. The Kier molecular flexibility index (Phi) is 7.45. The highest BCUT2D eigenvalue weighted by atomic mass is 16.2. The Morgan fingerprint density at radius 1 is 1.00 bits per heavy atom. The number of piperidine rings is 1. The van der Waals surface area contributed by atoms with Gasteiger partial charge in [-0.05, 0) is 67.6 Å². The Balaban J connectivity index is 1.46. The fraction of sp³-hybridized carbons (Fsp3) is 0.407. The van der Waals surface area contributed by atoms with Crippen LogP contribution in [0.5, 0.6) is 0 Å². The van der Waals surface area contributed by atoms with E-state index in [4.69, 9.17) is 0 Å². The zero-order chi connectivity index (χ0) is 23.2. The molecular formula is C27H34N4O2. The highest BCUT2D eigenvalue weighted by Crippen LogP contribution is 2.22. The Hall–Kier alpha value is -3.12. The smallest absolute Gasteiger partial charge is 0.258 e. The van der Waals surface area contributed by atoms with Crippen molar-refractivity contribution in [2.75, 3.05) is 44.2 Å². The molecule has 2 amide bonds. The molecule has 0 atom stereocenters. The number of nitrogens with zero attached hydrogens (tertiary/aromatic N) is 3. The van der Waals surface area contributed by atoms with Gasteiger partial charge in [0, 0.05) is 42.6 Å². The molecule has 0 spiro atoms. The van der Waals surface area contributed by atoms with E-state index in [1.807, 2.05) is 65.7 Å². The number of carbonyl (C=O) groups excluding carboxylic acids is 2. The van der Waals surface area contributed by atoms with Crippen LogP contribution in [-0.2, 0) is 4.79 Å². The van der Waals surface area contributed by atoms with Crippen molar-refractivity contribution >= 4 is 28.4 Å². The van der Waals surface area contributed by atoms with Crippen LogP contribution < -0.4 is 4.90 Å². The van der Waals surface area contributed by atoms with Gasteiger partial charge in [0.2, 0.25) is 5.91 Å². The summed E-state index contributed by atoms with van der Waals surface area (Å²) in [5, 5.41) is 1.06. The van der Waals surface area contributed by atoms with Gasteiger partial charge in [0.25, 0.3) is 5.91 Å². The predicted molar refractivity (Wildman–Crippen MR) is 134 cm³/mol. The van der Waals surface area contributed by atoms with Gasteiger partial charge in [-0.3, -0.25) is 14.5 Å². The second-order valence-corrected chi connectivity index (χ2v) is 8.82. The molecule has 1 aromatic heterocycles. The van der Waals surface area contributed by atoms with E-state index in [-0.39, 0.29) is 18.4 Å². The van der Waals surface area contributed by atoms with Crippen molar-refractivity contribution in [2.45, 2.75) is 26.7 Å². The van der Waals surface area contributed by atoms with E-state index >= 15 is 0 Å². The lowest BCUT2D eigenvalue weighted by Crippen LogP contribution is -2.47. The van der Waals surface area contributed by atoms with Crippen molar-refractivity contribution in [3.05, 3.63) is 66.4 Å². The summed E-state index contributed by atoms with van der Waals surface area (Å²) in [6, 6.07) is 17.1. The number of para-hydroxylation sites is 1. The summed E-state index contributed by atoms with van der Waals surface area (Å²) in [6.07, 6.45) is 3.90. The second kappa shape index (κ2) is 10.7. The normalized spacial score (nSPS) is 14.7. The molecular weight excluding hydrogens is 412 g/mol. The van der Waals surface area contributed by atoms with Crippen LogP contribution in [0.2, 0.25) is 0 Å². The summed E-state index contributed by atoms with van der Waals surface area (Å²) >= 11 is 0. The van der Waals surface area contributed by atoms with Crippen LogP contribution in [0, 0.1) is 5.92 Å². The Morgan fingerprint density at radius 3 is 2.42 bits per heavy atom. The van der Waals surface area contributed by atoms with Crippen molar-refractivity contribution in [1.29, 1.82) is 0 Å². The zero-order valence-corrected chi connectivity index (χ0v) is 19.7. The average Bonchev–Trinajstić information content (AvgIpc) is 3.34. The first-order valence-corrected chi connectivity index (χ1v) is 12.0. The monoisotopic (exact) mass is 446 g/mol. The summed E-state index contributed by atoms with van der Waals surface area (Å²) in [5.41, 5.74) is 2.22. The van der Waals surface area contributed by atoms with Gasteiger partial charge in [-0.1, -0.05) is 38.1 Å². The van der Waals surface area contributed by atoms with E-state index in [0.717, 1.165) is 62.2 Å². The highest BCUT2D eigenvalue weighted by Gasteiger charge is 2.27. The lowest BCUT2D eigenvalue weighted by molar-refractivity contribution is -0.131. The van der Waals surface area contributed by atoms with Gasteiger partial charge < -0.3 is 14.8 Å². The maximum atomic E-state index is 13.5. The fourth-order valence-corrected chi connectivity index (χ4v) is 4.67. The zero-order valence-electron chi connectivity index (χ0n) is 19.7. The van der Waals surface area contributed by atoms with Crippen LogP contribution in [-0.4, -0.2) is 65.9 Å². The van der Waals surface area contributed by atoms with Crippen molar-refractivity contribution in [3.63, 3.8) is 0 Å². The lowest BCUT2D eigenvalue weighted by atomic mass is 9.96.